The number of likely N-dealkylation sites (tertiary alicyclic amines) is 1. The largest absolute Gasteiger partial charge is 0.468 e. The van der Waals surface area contributed by atoms with E-state index < -0.39 is 21.1 Å². The van der Waals surface area contributed by atoms with E-state index in [0.717, 1.165) is 0 Å². The summed E-state index contributed by atoms with van der Waals surface area (Å²) < 4.78 is 34.6. The minimum Gasteiger partial charge on any atom is -0.468 e. The van der Waals surface area contributed by atoms with E-state index in [0.29, 0.717) is 17.1 Å². The van der Waals surface area contributed by atoms with E-state index in [1.54, 1.807) is 24.3 Å². The van der Waals surface area contributed by atoms with Gasteiger partial charge in [0, 0.05) is 25.6 Å². The molecule has 1 aliphatic rings. The van der Waals surface area contributed by atoms with Gasteiger partial charge < -0.3 is 14.1 Å². The standard InChI is InChI=1S/C17H17NO6S/c1-12(19)24-14-6-4-13(5-7-14)17(20)18-9-16(10-18)25(21,22)11-15-3-2-8-23-15/h2-8,16H,9-11H2,1H3. The molecule has 2 heterocycles. The molecule has 1 aromatic carbocycles. The molecule has 1 amide bonds. The number of hydrogen-bond acceptors (Lipinski definition) is 6. The van der Waals surface area contributed by atoms with Crippen LogP contribution in [0.4, 0.5) is 0 Å². The summed E-state index contributed by atoms with van der Waals surface area (Å²) in [5, 5.41) is -0.582. The molecule has 0 atom stereocenters. The number of amides is 1. The van der Waals surface area contributed by atoms with Crippen molar-refractivity contribution in [2.45, 2.75) is 17.9 Å². The molecular weight excluding hydrogens is 346 g/mol. The van der Waals surface area contributed by atoms with Gasteiger partial charge in [-0.25, -0.2) is 8.42 Å². The molecule has 3 rings (SSSR count). The molecular formula is C17H17NO6S. The first-order valence-electron chi connectivity index (χ1n) is 7.67. The lowest BCUT2D eigenvalue weighted by Gasteiger charge is -2.38. The maximum Gasteiger partial charge on any atom is 0.308 e. The monoisotopic (exact) mass is 363 g/mol. The Morgan fingerprint density at radius 3 is 2.44 bits per heavy atom. The van der Waals surface area contributed by atoms with Gasteiger partial charge in [0.15, 0.2) is 9.84 Å². The Bertz CT molecular complexity index is 864. The Balaban J connectivity index is 1.58. The van der Waals surface area contributed by atoms with Crippen molar-refractivity contribution >= 4 is 21.7 Å². The van der Waals surface area contributed by atoms with Crippen LogP contribution in [0.15, 0.2) is 47.1 Å². The fourth-order valence-corrected chi connectivity index (χ4v) is 4.17. The molecule has 8 heteroatoms. The van der Waals surface area contributed by atoms with Gasteiger partial charge in [0.1, 0.15) is 17.3 Å². The summed E-state index contributed by atoms with van der Waals surface area (Å²) >= 11 is 0. The summed E-state index contributed by atoms with van der Waals surface area (Å²) in [6.07, 6.45) is 1.43. The van der Waals surface area contributed by atoms with Crippen molar-refractivity contribution in [1.82, 2.24) is 4.90 Å². The molecule has 1 aliphatic heterocycles. The van der Waals surface area contributed by atoms with Crippen molar-refractivity contribution in [3.05, 3.63) is 54.0 Å². The van der Waals surface area contributed by atoms with Gasteiger partial charge in [-0.1, -0.05) is 0 Å². The molecule has 25 heavy (non-hydrogen) atoms. The molecule has 2 aromatic rings. The van der Waals surface area contributed by atoms with Crippen molar-refractivity contribution < 1.29 is 27.2 Å². The molecule has 132 valence electrons. The third-order valence-electron chi connectivity index (χ3n) is 3.93. The zero-order valence-corrected chi connectivity index (χ0v) is 14.4. The highest BCUT2D eigenvalue weighted by atomic mass is 32.2. The second kappa shape index (κ2) is 6.72. The quantitative estimate of drug-likeness (QED) is 0.592. The first-order chi connectivity index (χ1) is 11.8. The zero-order chi connectivity index (χ0) is 18.0. The fourth-order valence-electron chi connectivity index (χ4n) is 2.56. The SMILES string of the molecule is CC(=O)Oc1ccc(C(=O)N2CC(S(=O)(=O)Cc3ccco3)C2)cc1. The molecule has 0 N–H and O–H groups in total. The fraction of sp³-hybridized carbons (Fsp3) is 0.294. The average Bonchev–Trinajstić information content (AvgIpc) is 2.97. The van der Waals surface area contributed by atoms with E-state index in [-0.39, 0.29) is 24.7 Å². The van der Waals surface area contributed by atoms with Crippen LogP contribution >= 0.6 is 0 Å². The molecule has 0 aliphatic carbocycles. The highest BCUT2D eigenvalue weighted by molar-refractivity contribution is 7.91. The number of ether oxygens (including phenoxy) is 1. The van der Waals surface area contributed by atoms with Gasteiger partial charge in [-0.15, -0.1) is 0 Å². The van der Waals surface area contributed by atoms with Gasteiger partial charge in [0.25, 0.3) is 5.91 Å². The van der Waals surface area contributed by atoms with E-state index in [1.165, 1.54) is 30.2 Å². The van der Waals surface area contributed by atoms with E-state index in [4.69, 9.17) is 9.15 Å². The Hall–Kier alpha value is -2.61. The van der Waals surface area contributed by atoms with Crippen molar-refractivity contribution in [1.29, 1.82) is 0 Å². The predicted octanol–water partition coefficient (Wildman–Crippen LogP) is 1.64. The lowest BCUT2D eigenvalue weighted by molar-refractivity contribution is -0.131. The van der Waals surface area contributed by atoms with Gasteiger partial charge in [-0.05, 0) is 36.4 Å². The van der Waals surface area contributed by atoms with Crippen LogP contribution < -0.4 is 4.74 Å². The van der Waals surface area contributed by atoms with E-state index in [2.05, 4.69) is 0 Å². The number of benzene rings is 1. The molecule has 1 aromatic heterocycles. The normalized spacial score (nSPS) is 14.8. The molecule has 1 fully saturated rings. The molecule has 7 nitrogen and oxygen atoms in total. The molecule has 0 bridgehead atoms. The first-order valence-corrected chi connectivity index (χ1v) is 9.38. The topological polar surface area (TPSA) is 93.9 Å². The van der Waals surface area contributed by atoms with Crippen LogP contribution in [0.25, 0.3) is 0 Å². The molecule has 0 saturated carbocycles. The number of hydrogen-bond donors (Lipinski definition) is 0. The molecule has 0 spiro atoms. The summed E-state index contributed by atoms with van der Waals surface area (Å²) in [6.45, 7) is 1.61. The number of rotatable bonds is 5. The zero-order valence-electron chi connectivity index (χ0n) is 13.5. The van der Waals surface area contributed by atoms with Gasteiger partial charge in [0.05, 0.1) is 11.5 Å². The number of carbonyl (C=O) groups excluding carboxylic acids is 2. The Kier molecular flexibility index (Phi) is 4.63. The Morgan fingerprint density at radius 2 is 1.88 bits per heavy atom. The van der Waals surface area contributed by atoms with Gasteiger partial charge in [-0.3, -0.25) is 9.59 Å². The van der Waals surface area contributed by atoms with Crippen LogP contribution in [-0.2, 0) is 20.4 Å². The van der Waals surface area contributed by atoms with E-state index in [9.17, 15) is 18.0 Å². The van der Waals surface area contributed by atoms with Crippen molar-refractivity contribution in [2.24, 2.45) is 0 Å². The van der Waals surface area contributed by atoms with Gasteiger partial charge in [-0.2, -0.15) is 0 Å². The number of carbonyl (C=O) groups is 2. The van der Waals surface area contributed by atoms with Crippen LogP contribution in [-0.4, -0.2) is 43.5 Å². The lowest BCUT2D eigenvalue weighted by atomic mass is 10.1. The second-order valence-corrected chi connectivity index (χ2v) is 8.12. The molecule has 1 saturated heterocycles. The highest BCUT2D eigenvalue weighted by Gasteiger charge is 2.40. The highest BCUT2D eigenvalue weighted by Crippen LogP contribution is 2.23. The third-order valence-corrected chi connectivity index (χ3v) is 5.93. The minimum atomic E-state index is -3.36. The maximum atomic E-state index is 12.4. The summed E-state index contributed by atoms with van der Waals surface area (Å²) in [6, 6.07) is 9.40. The third kappa shape index (κ3) is 3.90. The number of sulfone groups is 1. The van der Waals surface area contributed by atoms with Crippen LogP contribution in [0, 0.1) is 0 Å². The Morgan fingerprint density at radius 1 is 1.20 bits per heavy atom. The van der Waals surface area contributed by atoms with Crippen LogP contribution in [0.5, 0.6) is 5.75 Å². The number of esters is 1. The summed E-state index contributed by atoms with van der Waals surface area (Å²) in [7, 11) is -3.36. The second-order valence-electron chi connectivity index (χ2n) is 5.84. The predicted molar refractivity (Wildman–Crippen MR) is 88.8 cm³/mol. The summed E-state index contributed by atoms with van der Waals surface area (Å²) in [4.78, 5) is 24.7. The van der Waals surface area contributed by atoms with E-state index in [1.807, 2.05) is 0 Å². The smallest absolute Gasteiger partial charge is 0.308 e. The van der Waals surface area contributed by atoms with Gasteiger partial charge in [0.2, 0.25) is 0 Å². The molecule has 0 radical (unpaired) electrons. The van der Waals surface area contributed by atoms with Crippen LogP contribution in [0.3, 0.4) is 0 Å². The Labute approximate surface area is 145 Å². The summed E-state index contributed by atoms with van der Waals surface area (Å²) in [5.41, 5.74) is 0.415. The van der Waals surface area contributed by atoms with Crippen molar-refractivity contribution in [3.63, 3.8) is 0 Å². The first kappa shape index (κ1) is 17.2. The van der Waals surface area contributed by atoms with Crippen LogP contribution in [0.1, 0.15) is 23.0 Å². The summed E-state index contributed by atoms with van der Waals surface area (Å²) in [5.74, 6) is -0.105. The average molecular weight is 363 g/mol. The van der Waals surface area contributed by atoms with Gasteiger partial charge >= 0.3 is 5.97 Å². The van der Waals surface area contributed by atoms with Crippen molar-refractivity contribution in [2.75, 3.05) is 13.1 Å². The van der Waals surface area contributed by atoms with Crippen LogP contribution in [0.2, 0.25) is 0 Å². The van der Waals surface area contributed by atoms with Crippen molar-refractivity contribution in [3.8, 4) is 5.75 Å². The number of furan rings is 1. The van der Waals surface area contributed by atoms with E-state index >= 15 is 0 Å². The number of nitrogens with zero attached hydrogens (tertiary/aromatic N) is 1. The lowest BCUT2D eigenvalue weighted by Crippen LogP contribution is -2.57. The maximum absolute atomic E-state index is 12.4. The minimum absolute atomic E-state index is 0.160. The molecule has 0 unspecified atom stereocenters.